The Balaban J connectivity index is 0.925. The van der Waals surface area contributed by atoms with Gasteiger partial charge in [0.15, 0.2) is 0 Å². The van der Waals surface area contributed by atoms with E-state index < -0.39 is 5.79 Å². The van der Waals surface area contributed by atoms with Crippen LogP contribution in [-0.2, 0) is 28.4 Å². The van der Waals surface area contributed by atoms with E-state index in [9.17, 15) is 4.79 Å². The predicted molar refractivity (Wildman–Crippen MR) is 195 cm³/mol. The molecular formula is C37H41Cl2N7O4. The molecular weight excluding hydrogens is 677 g/mol. The fraction of sp³-hybridized carbons (Fsp3) is 0.378. The van der Waals surface area contributed by atoms with Gasteiger partial charge in [0, 0.05) is 67.1 Å². The maximum absolute atomic E-state index is 12.9. The van der Waals surface area contributed by atoms with Crippen LogP contribution in [0.25, 0.3) is 5.69 Å². The molecule has 0 bridgehead atoms. The molecule has 262 valence electrons. The summed E-state index contributed by atoms with van der Waals surface area (Å²) < 4.78 is 24.1. The van der Waals surface area contributed by atoms with Crippen LogP contribution in [0, 0.1) is 6.92 Å². The second-order valence-corrected chi connectivity index (χ2v) is 13.5. The summed E-state index contributed by atoms with van der Waals surface area (Å²) in [4.78, 5) is 21.9. The van der Waals surface area contributed by atoms with Crippen molar-refractivity contribution in [2.24, 2.45) is 0 Å². The van der Waals surface area contributed by atoms with E-state index in [0.717, 1.165) is 61.8 Å². The summed E-state index contributed by atoms with van der Waals surface area (Å²) in [5.41, 5.74) is 3.76. The Morgan fingerprint density at radius 2 is 1.62 bits per heavy atom. The molecule has 2 aromatic heterocycles. The van der Waals surface area contributed by atoms with Gasteiger partial charge in [-0.15, -0.1) is 0 Å². The van der Waals surface area contributed by atoms with Crippen molar-refractivity contribution in [1.82, 2.24) is 23.9 Å². The quantitative estimate of drug-likeness (QED) is 0.148. The molecule has 2 fully saturated rings. The van der Waals surface area contributed by atoms with Gasteiger partial charge >= 0.3 is 5.69 Å². The Hall–Kier alpha value is -4.29. The van der Waals surface area contributed by atoms with E-state index in [1.165, 1.54) is 0 Å². The molecule has 50 heavy (non-hydrogen) atoms. The summed E-state index contributed by atoms with van der Waals surface area (Å²) in [6.07, 6.45) is 6.94. The summed E-state index contributed by atoms with van der Waals surface area (Å²) in [7, 11) is 0. The Kier molecular flexibility index (Phi) is 10.2. The van der Waals surface area contributed by atoms with Crippen LogP contribution in [-0.4, -0.2) is 69.4 Å². The molecule has 0 aliphatic carbocycles. The maximum Gasteiger partial charge on any atom is 0.350 e. The van der Waals surface area contributed by atoms with Gasteiger partial charge in [0.1, 0.15) is 24.3 Å². The van der Waals surface area contributed by atoms with Crippen molar-refractivity contribution in [1.29, 1.82) is 0 Å². The zero-order valence-electron chi connectivity index (χ0n) is 28.3. The molecule has 0 radical (unpaired) electrons. The van der Waals surface area contributed by atoms with Gasteiger partial charge in [-0.05, 0) is 74.0 Å². The molecule has 4 heterocycles. The van der Waals surface area contributed by atoms with Gasteiger partial charge in [0.25, 0.3) is 0 Å². The van der Waals surface area contributed by atoms with Crippen LogP contribution in [0.5, 0.6) is 5.75 Å². The number of piperazine rings is 1. The fourth-order valence-electron chi connectivity index (χ4n) is 6.62. The highest BCUT2D eigenvalue weighted by Crippen LogP contribution is 2.40. The van der Waals surface area contributed by atoms with E-state index in [-0.39, 0.29) is 11.8 Å². The molecule has 2 atom stereocenters. The monoisotopic (exact) mass is 717 g/mol. The lowest BCUT2D eigenvalue weighted by atomic mass is 10.1. The van der Waals surface area contributed by atoms with Crippen molar-refractivity contribution < 1.29 is 14.2 Å². The molecule has 0 saturated carbocycles. The number of unbranched alkanes of at least 4 members (excludes halogenated alkanes) is 1. The van der Waals surface area contributed by atoms with Crippen molar-refractivity contribution in [3.63, 3.8) is 0 Å². The third-order valence-electron chi connectivity index (χ3n) is 9.27. The van der Waals surface area contributed by atoms with E-state index in [1.54, 1.807) is 33.9 Å². The van der Waals surface area contributed by atoms with E-state index in [0.29, 0.717) is 47.7 Å². The number of halogens is 2. The molecule has 1 unspecified atom stereocenters. The third kappa shape index (κ3) is 7.27. The van der Waals surface area contributed by atoms with E-state index >= 15 is 0 Å². The number of ether oxygens (including phenoxy) is 3. The average molecular weight is 719 g/mol. The number of hydrogen-bond donors (Lipinski definition) is 0. The van der Waals surface area contributed by atoms with Crippen LogP contribution in [0.1, 0.15) is 31.2 Å². The maximum atomic E-state index is 12.9. The minimum absolute atomic E-state index is 0.0854. The SMILES string of the molecule is CCCCn1nc(C)n(-c2ccc(N3CCN(c4ccc(OC[C@@H]5COC(Cn6ccnc6)(c6ccc(Cl)cc6Cl)O5)cc4)CC3)cc2)c1=O. The summed E-state index contributed by atoms with van der Waals surface area (Å²) in [5.74, 6) is 0.368. The second-order valence-electron chi connectivity index (χ2n) is 12.7. The molecule has 0 N–H and O–H groups in total. The van der Waals surface area contributed by atoms with Crippen LogP contribution in [0.3, 0.4) is 0 Å². The highest BCUT2D eigenvalue weighted by Gasteiger charge is 2.45. The molecule has 7 rings (SSSR count). The number of aryl methyl sites for hydroxylation is 2. The number of aromatic nitrogens is 5. The number of imidazole rings is 1. The summed E-state index contributed by atoms with van der Waals surface area (Å²) in [5, 5.41) is 5.48. The first-order valence-corrected chi connectivity index (χ1v) is 17.8. The topological polar surface area (TPSA) is 91.8 Å². The number of benzene rings is 3. The van der Waals surface area contributed by atoms with Crippen LogP contribution in [0.4, 0.5) is 11.4 Å². The number of nitrogens with zero attached hydrogens (tertiary/aromatic N) is 7. The van der Waals surface area contributed by atoms with E-state index in [4.69, 9.17) is 37.4 Å². The van der Waals surface area contributed by atoms with Crippen molar-refractivity contribution in [2.45, 2.75) is 51.7 Å². The lowest BCUT2D eigenvalue weighted by Crippen LogP contribution is -2.46. The molecule has 0 spiro atoms. The smallest absolute Gasteiger partial charge is 0.350 e. The standard InChI is InChI=1S/C37H41Cl2N7O4/c1-3-4-16-45-36(47)46(27(2)41-45)31-8-6-29(7-9-31)43-18-20-44(21-19-43)30-10-12-32(13-11-30)48-23-33-24-49-37(50-33,25-42-17-15-40-26-42)34-14-5-28(38)22-35(34)39/h5-15,17,22,26,33H,3-4,16,18-21,23-25H2,1-2H3/t33-,37?/m1/s1. The molecule has 3 aromatic carbocycles. The summed E-state index contributed by atoms with van der Waals surface area (Å²) >= 11 is 12.8. The molecule has 2 aliphatic rings. The van der Waals surface area contributed by atoms with Gasteiger partial charge in [-0.3, -0.25) is 0 Å². The number of hydrogen-bond acceptors (Lipinski definition) is 8. The summed E-state index contributed by atoms with van der Waals surface area (Å²) in [6.45, 7) is 9.25. The second kappa shape index (κ2) is 14.9. The van der Waals surface area contributed by atoms with Crippen LogP contribution in [0.2, 0.25) is 10.0 Å². The van der Waals surface area contributed by atoms with Crippen LogP contribution < -0.4 is 20.2 Å². The molecule has 5 aromatic rings. The van der Waals surface area contributed by atoms with E-state index in [2.05, 4.69) is 51.1 Å². The van der Waals surface area contributed by atoms with Crippen LogP contribution >= 0.6 is 23.2 Å². The van der Waals surface area contributed by atoms with Gasteiger partial charge in [-0.2, -0.15) is 5.10 Å². The normalized spacial score (nSPS) is 19.3. The van der Waals surface area contributed by atoms with Crippen molar-refractivity contribution in [3.05, 3.63) is 117 Å². The van der Waals surface area contributed by atoms with Gasteiger partial charge in [-0.1, -0.05) is 42.6 Å². The first-order chi connectivity index (χ1) is 24.3. The lowest BCUT2D eigenvalue weighted by Gasteiger charge is -2.37. The third-order valence-corrected chi connectivity index (χ3v) is 9.81. The Morgan fingerprint density at radius 1 is 0.940 bits per heavy atom. The van der Waals surface area contributed by atoms with Gasteiger partial charge < -0.3 is 28.6 Å². The van der Waals surface area contributed by atoms with Crippen molar-refractivity contribution >= 4 is 34.6 Å². The van der Waals surface area contributed by atoms with Gasteiger partial charge in [0.2, 0.25) is 5.79 Å². The molecule has 0 amide bonds. The average Bonchev–Trinajstić information content (AvgIpc) is 3.86. The molecule has 2 saturated heterocycles. The predicted octanol–water partition coefficient (Wildman–Crippen LogP) is 6.32. The molecule has 11 nitrogen and oxygen atoms in total. The Labute approximate surface area is 301 Å². The number of rotatable bonds is 12. The van der Waals surface area contributed by atoms with Gasteiger partial charge in [-0.25, -0.2) is 19.0 Å². The first-order valence-electron chi connectivity index (χ1n) is 17.0. The lowest BCUT2D eigenvalue weighted by molar-refractivity contribution is -0.189. The zero-order valence-corrected chi connectivity index (χ0v) is 29.8. The van der Waals surface area contributed by atoms with Crippen molar-refractivity contribution in [3.8, 4) is 11.4 Å². The number of anilines is 2. The first kappa shape index (κ1) is 34.2. The largest absolute Gasteiger partial charge is 0.491 e. The Morgan fingerprint density at radius 3 is 2.26 bits per heavy atom. The zero-order chi connectivity index (χ0) is 34.7. The van der Waals surface area contributed by atoms with Crippen LogP contribution in [0.15, 0.2) is 90.2 Å². The highest BCUT2D eigenvalue weighted by molar-refractivity contribution is 6.35. The minimum Gasteiger partial charge on any atom is -0.491 e. The van der Waals surface area contributed by atoms with Crippen molar-refractivity contribution in [2.75, 3.05) is 49.2 Å². The van der Waals surface area contributed by atoms with E-state index in [1.807, 2.05) is 48.0 Å². The minimum atomic E-state index is -1.10. The molecule has 13 heteroatoms. The Bertz CT molecular complexity index is 1940. The molecule has 2 aliphatic heterocycles. The van der Waals surface area contributed by atoms with Gasteiger partial charge in [0.05, 0.1) is 30.2 Å². The summed E-state index contributed by atoms with van der Waals surface area (Å²) in [6, 6.07) is 21.7. The fourth-order valence-corrected chi connectivity index (χ4v) is 7.17. The highest BCUT2D eigenvalue weighted by atomic mass is 35.5.